The molecule has 1 aromatic carbocycles. The molecular formula is C16H23ClN2O. The number of allylic oxidation sites excluding steroid dienone is 1. The van der Waals surface area contributed by atoms with E-state index in [1.54, 1.807) is 0 Å². The summed E-state index contributed by atoms with van der Waals surface area (Å²) in [6.07, 6.45) is 4.62. The van der Waals surface area contributed by atoms with Gasteiger partial charge in [0.05, 0.1) is 6.04 Å². The lowest BCUT2D eigenvalue weighted by Crippen LogP contribution is -2.47. The summed E-state index contributed by atoms with van der Waals surface area (Å²) in [5.74, 6) is 0.626. The van der Waals surface area contributed by atoms with Crippen LogP contribution in [0.25, 0.3) is 0 Å². The molecule has 3 nitrogen and oxygen atoms in total. The molecule has 110 valence electrons. The molecule has 1 heterocycles. The van der Waals surface area contributed by atoms with Crippen molar-refractivity contribution < 1.29 is 4.79 Å². The molecule has 0 spiro atoms. The zero-order valence-electron chi connectivity index (χ0n) is 11.7. The monoisotopic (exact) mass is 294 g/mol. The molecule has 0 aromatic heterocycles. The van der Waals surface area contributed by atoms with Crippen molar-refractivity contribution in [1.82, 2.24) is 4.90 Å². The van der Waals surface area contributed by atoms with E-state index in [9.17, 15) is 4.79 Å². The third kappa shape index (κ3) is 4.36. The average Bonchev–Trinajstić information content (AvgIpc) is 2.47. The van der Waals surface area contributed by atoms with Gasteiger partial charge in [-0.3, -0.25) is 4.79 Å². The van der Waals surface area contributed by atoms with Crippen LogP contribution in [0, 0.1) is 5.92 Å². The molecule has 1 aliphatic rings. The Hall–Kier alpha value is -1.32. The third-order valence-corrected chi connectivity index (χ3v) is 3.80. The van der Waals surface area contributed by atoms with Crippen molar-refractivity contribution in [1.29, 1.82) is 0 Å². The number of halogens is 1. The van der Waals surface area contributed by atoms with Gasteiger partial charge in [0.25, 0.3) is 0 Å². The minimum Gasteiger partial charge on any atom is -0.341 e. The molecule has 4 heteroatoms. The van der Waals surface area contributed by atoms with E-state index in [4.69, 9.17) is 5.73 Å². The van der Waals surface area contributed by atoms with Crippen LogP contribution in [0.15, 0.2) is 43.0 Å². The number of piperidine rings is 1. The molecule has 1 aliphatic heterocycles. The van der Waals surface area contributed by atoms with Crippen molar-refractivity contribution in [3.63, 3.8) is 0 Å². The van der Waals surface area contributed by atoms with Crippen LogP contribution in [0.2, 0.25) is 0 Å². The molecule has 1 amide bonds. The van der Waals surface area contributed by atoms with Crippen LogP contribution in [0.4, 0.5) is 0 Å². The van der Waals surface area contributed by atoms with Crippen LogP contribution in [0.3, 0.4) is 0 Å². The van der Waals surface area contributed by atoms with E-state index in [2.05, 4.69) is 6.58 Å². The molecule has 0 saturated carbocycles. The number of carbonyl (C=O) groups is 1. The predicted molar refractivity (Wildman–Crippen MR) is 84.9 cm³/mol. The van der Waals surface area contributed by atoms with E-state index < -0.39 is 6.04 Å². The third-order valence-electron chi connectivity index (χ3n) is 3.80. The van der Waals surface area contributed by atoms with Crippen molar-refractivity contribution in [2.45, 2.75) is 25.3 Å². The average molecular weight is 295 g/mol. The summed E-state index contributed by atoms with van der Waals surface area (Å²) < 4.78 is 0. The number of amides is 1. The fraction of sp³-hybridized carbons (Fsp3) is 0.438. The maximum Gasteiger partial charge on any atom is 0.239 e. The molecule has 0 unspecified atom stereocenters. The van der Waals surface area contributed by atoms with Crippen LogP contribution in [-0.2, 0) is 11.2 Å². The summed E-state index contributed by atoms with van der Waals surface area (Å²) in [5, 5.41) is 0. The van der Waals surface area contributed by atoms with Gasteiger partial charge in [-0.1, -0.05) is 36.4 Å². The second kappa shape index (κ2) is 8.08. The van der Waals surface area contributed by atoms with Crippen LogP contribution in [0.5, 0.6) is 0 Å². The van der Waals surface area contributed by atoms with Crippen molar-refractivity contribution in [2.75, 3.05) is 13.1 Å². The second-order valence-electron chi connectivity index (χ2n) is 5.19. The summed E-state index contributed by atoms with van der Waals surface area (Å²) in [6, 6.07) is 9.51. The minimum absolute atomic E-state index is 0. The first-order valence-electron chi connectivity index (χ1n) is 6.91. The zero-order chi connectivity index (χ0) is 13.7. The fourth-order valence-corrected chi connectivity index (χ4v) is 2.55. The molecule has 0 aliphatic carbocycles. The molecule has 0 bridgehead atoms. The Morgan fingerprint density at radius 1 is 1.35 bits per heavy atom. The number of nitrogens with two attached hydrogens (primary N) is 1. The molecule has 1 fully saturated rings. The first-order chi connectivity index (χ1) is 9.20. The fourth-order valence-electron chi connectivity index (χ4n) is 2.55. The van der Waals surface area contributed by atoms with E-state index in [-0.39, 0.29) is 18.3 Å². The second-order valence-corrected chi connectivity index (χ2v) is 5.19. The molecule has 20 heavy (non-hydrogen) atoms. The van der Waals surface area contributed by atoms with Crippen molar-refractivity contribution in [3.05, 3.63) is 48.6 Å². The highest BCUT2D eigenvalue weighted by atomic mass is 35.5. The Morgan fingerprint density at radius 3 is 2.50 bits per heavy atom. The van der Waals surface area contributed by atoms with Crippen molar-refractivity contribution in [3.8, 4) is 0 Å². The van der Waals surface area contributed by atoms with E-state index in [1.165, 1.54) is 0 Å². The van der Waals surface area contributed by atoms with Gasteiger partial charge in [0.15, 0.2) is 0 Å². The number of benzene rings is 1. The molecule has 2 rings (SSSR count). The zero-order valence-corrected chi connectivity index (χ0v) is 12.5. The molecule has 1 saturated heterocycles. The Labute approximate surface area is 127 Å². The maximum absolute atomic E-state index is 12.3. The minimum atomic E-state index is -0.428. The summed E-state index contributed by atoms with van der Waals surface area (Å²) in [7, 11) is 0. The quantitative estimate of drug-likeness (QED) is 0.867. The molecule has 1 atom stereocenters. The Bertz CT molecular complexity index is 427. The van der Waals surface area contributed by atoms with Gasteiger partial charge in [-0.05, 0) is 30.7 Å². The van der Waals surface area contributed by atoms with Gasteiger partial charge < -0.3 is 10.6 Å². The number of rotatable bonds is 4. The van der Waals surface area contributed by atoms with Gasteiger partial charge in [0.2, 0.25) is 5.91 Å². The number of carbonyl (C=O) groups excluding carboxylic acids is 1. The van der Waals surface area contributed by atoms with Crippen LogP contribution < -0.4 is 5.73 Å². The first kappa shape index (κ1) is 16.7. The Kier molecular flexibility index (Phi) is 6.76. The lowest BCUT2D eigenvalue weighted by Gasteiger charge is -2.32. The topological polar surface area (TPSA) is 46.3 Å². The van der Waals surface area contributed by atoms with Crippen LogP contribution in [-0.4, -0.2) is 29.9 Å². The van der Waals surface area contributed by atoms with Gasteiger partial charge in [-0.15, -0.1) is 19.0 Å². The standard InChI is InChI=1S/C16H22N2O.ClH/c1-2-13-8-10-18(11-9-13)16(19)15(17)12-14-6-4-3-5-7-14;/h2-7,13,15H,1,8-12,17H2;1H/t15-;/m0./s1. The Balaban J connectivity index is 0.00000200. The SMILES string of the molecule is C=CC1CCN(C(=O)[C@@H](N)Cc2ccccc2)CC1.Cl. The van der Waals surface area contributed by atoms with E-state index >= 15 is 0 Å². The largest absolute Gasteiger partial charge is 0.341 e. The highest BCUT2D eigenvalue weighted by Gasteiger charge is 2.25. The van der Waals surface area contributed by atoms with Gasteiger partial charge in [-0.25, -0.2) is 0 Å². The van der Waals surface area contributed by atoms with Crippen LogP contribution in [0.1, 0.15) is 18.4 Å². The molecular weight excluding hydrogens is 272 g/mol. The van der Waals surface area contributed by atoms with Crippen LogP contribution >= 0.6 is 12.4 Å². The van der Waals surface area contributed by atoms with Crippen molar-refractivity contribution >= 4 is 18.3 Å². The maximum atomic E-state index is 12.3. The number of hydrogen-bond donors (Lipinski definition) is 1. The smallest absolute Gasteiger partial charge is 0.239 e. The highest BCUT2D eigenvalue weighted by molar-refractivity contribution is 5.85. The summed E-state index contributed by atoms with van der Waals surface area (Å²) in [6.45, 7) is 5.42. The number of hydrogen-bond acceptors (Lipinski definition) is 2. The van der Waals surface area contributed by atoms with E-state index in [0.29, 0.717) is 12.3 Å². The van der Waals surface area contributed by atoms with Gasteiger partial charge >= 0.3 is 0 Å². The number of nitrogens with zero attached hydrogens (tertiary/aromatic N) is 1. The normalized spacial score (nSPS) is 17.1. The molecule has 0 radical (unpaired) electrons. The molecule has 2 N–H and O–H groups in total. The lowest BCUT2D eigenvalue weighted by molar-refractivity contribution is -0.133. The van der Waals surface area contributed by atoms with Crippen molar-refractivity contribution in [2.24, 2.45) is 11.7 Å². The van der Waals surface area contributed by atoms with E-state index in [1.807, 2.05) is 41.3 Å². The number of likely N-dealkylation sites (tertiary alicyclic amines) is 1. The van der Waals surface area contributed by atoms with E-state index in [0.717, 1.165) is 31.5 Å². The summed E-state index contributed by atoms with van der Waals surface area (Å²) >= 11 is 0. The summed E-state index contributed by atoms with van der Waals surface area (Å²) in [5.41, 5.74) is 7.15. The predicted octanol–water partition coefficient (Wildman–Crippen LogP) is 2.40. The lowest BCUT2D eigenvalue weighted by atomic mass is 9.96. The Morgan fingerprint density at radius 2 is 1.95 bits per heavy atom. The van der Waals surface area contributed by atoms with Gasteiger partial charge in [0, 0.05) is 13.1 Å². The summed E-state index contributed by atoms with van der Waals surface area (Å²) in [4.78, 5) is 14.2. The molecule has 1 aromatic rings. The van der Waals surface area contributed by atoms with Gasteiger partial charge in [0.1, 0.15) is 0 Å². The first-order valence-corrected chi connectivity index (χ1v) is 6.91. The highest BCUT2D eigenvalue weighted by Crippen LogP contribution is 2.18. The van der Waals surface area contributed by atoms with Gasteiger partial charge in [-0.2, -0.15) is 0 Å².